The summed E-state index contributed by atoms with van der Waals surface area (Å²) in [5.74, 6) is -2.99. The molecule has 2 aliphatic rings. The molecule has 146 valence electrons. The number of piperidine rings is 1. The van der Waals surface area contributed by atoms with Gasteiger partial charge < -0.3 is 20.3 Å². The van der Waals surface area contributed by atoms with E-state index in [1.807, 2.05) is 24.3 Å². The third-order valence-corrected chi connectivity index (χ3v) is 5.34. The van der Waals surface area contributed by atoms with Crippen molar-refractivity contribution in [3.8, 4) is 5.75 Å². The number of carbonyl (C=O) groups excluding carboxylic acids is 2. The molecule has 0 aliphatic carbocycles. The summed E-state index contributed by atoms with van der Waals surface area (Å²) in [6.07, 6.45) is 0.778. The van der Waals surface area contributed by atoms with Gasteiger partial charge in [-0.25, -0.2) is 8.78 Å². The predicted octanol–water partition coefficient (Wildman–Crippen LogP) is 3.01. The second kappa shape index (κ2) is 6.78. The topological polar surface area (TPSA) is 70.7 Å². The summed E-state index contributed by atoms with van der Waals surface area (Å²) < 4.78 is 32.5. The molecule has 2 heterocycles. The summed E-state index contributed by atoms with van der Waals surface area (Å²) in [5, 5.41) is 6.21. The standard InChI is InChI=1S/C20H19F2N3O3/c1-28-17-13(21)10-12(11-14(17)22)18(26)25-8-6-20(7-9-25)19(27)23-15-4-2-3-5-16(15)24-20/h2-5,10-11,24H,6-9H2,1H3,(H,23,27). The van der Waals surface area contributed by atoms with Crippen LogP contribution in [0.5, 0.6) is 5.75 Å². The lowest BCUT2D eigenvalue weighted by atomic mass is 9.84. The lowest BCUT2D eigenvalue weighted by Crippen LogP contribution is -2.59. The zero-order valence-corrected chi connectivity index (χ0v) is 15.2. The molecule has 6 nitrogen and oxygen atoms in total. The third kappa shape index (κ3) is 2.94. The van der Waals surface area contributed by atoms with E-state index >= 15 is 0 Å². The molecule has 2 aliphatic heterocycles. The van der Waals surface area contributed by atoms with Crippen LogP contribution in [0.25, 0.3) is 0 Å². The van der Waals surface area contributed by atoms with Gasteiger partial charge in [-0.2, -0.15) is 0 Å². The van der Waals surface area contributed by atoms with Crippen molar-refractivity contribution >= 4 is 23.2 Å². The molecule has 2 aromatic carbocycles. The fourth-order valence-electron chi connectivity index (χ4n) is 3.76. The zero-order valence-electron chi connectivity index (χ0n) is 15.2. The number of methoxy groups -OCH3 is 1. The molecule has 0 unspecified atom stereocenters. The Labute approximate surface area is 160 Å². The number of nitrogens with one attached hydrogen (secondary N) is 2. The van der Waals surface area contributed by atoms with Gasteiger partial charge in [0.2, 0.25) is 5.91 Å². The van der Waals surface area contributed by atoms with Gasteiger partial charge in [-0.05, 0) is 37.1 Å². The second-order valence-corrected chi connectivity index (χ2v) is 6.97. The summed E-state index contributed by atoms with van der Waals surface area (Å²) in [5.41, 5.74) is 0.668. The summed E-state index contributed by atoms with van der Waals surface area (Å²) in [7, 11) is 1.16. The maximum Gasteiger partial charge on any atom is 0.254 e. The van der Waals surface area contributed by atoms with Gasteiger partial charge in [0.05, 0.1) is 18.5 Å². The van der Waals surface area contributed by atoms with E-state index in [1.54, 1.807) is 0 Å². The number of amides is 2. The van der Waals surface area contributed by atoms with Crippen LogP contribution in [-0.2, 0) is 4.79 Å². The number of nitrogens with zero attached hydrogens (tertiary/aromatic N) is 1. The Morgan fingerprint density at radius 2 is 1.71 bits per heavy atom. The van der Waals surface area contributed by atoms with Crippen LogP contribution in [0.4, 0.5) is 20.2 Å². The molecule has 28 heavy (non-hydrogen) atoms. The first-order valence-corrected chi connectivity index (χ1v) is 8.94. The van der Waals surface area contributed by atoms with Gasteiger partial charge in [0.1, 0.15) is 5.54 Å². The number of rotatable bonds is 2. The van der Waals surface area contributed by atoms with E-state index in [0.29, 0.717) is 12.8 Å². The molecule has 4 rings (SSSR count). The van der Waals surface area contributed by atoms with Gasteiger partial charge >= 0.3 is 0 Å². The fourth-order valence-corrected chi connectivity index (χ4v) is 3.76. The molecule has 1 fully saturated rings. The molecule has 0 bridgehead atoms. The highest BCUT2D eigenvalue weighted by atomic mass is 19.1. The first kappa shape index (κ1) is 18.2. The largest absolute Gasteiger partial charge is 0.491 e. The number of likely N-dealkylation sites (tertiary alicyclic amines) is 1. The van der Waals surface area contributed by atoms with Gasteiger partial charge in [0, 0.05) is 18.7 Å². The van der Waals surface area contributed by atoms with Crippen LogP contribution in [0.2, 0.25) is 0 Å². The molecule has 2 amide bonds. The Kier molecular flexibility index (Phi) is 4.41. The molecule has 1 saturated heterocycles. The molecule has 0 aromatic heterocycles. The van der Waals surface area contributed by atoms with Crippen LogP contribution in [0, 0.1) is 11.6 Å². The Morgan fingerprint density at radius 3 is 2.32 bits per heavy atom. The number of hydrogen-bond donors (Lipinski definition) is 2. The van der Waals surface area contributed by atoms with Gasteiger partial charge in [0.25, 0.3) is 5.91 Å². The lowest BCUT2D eigenvalue weighted by molar-refractivity contribution is -0.122. The third-order valence-electron chi connectivity index (χ3n) is 5.34. The number of fused-ring (bicyclic) bond motifs is 1. The Hall–Kier alpha value is -3.16. The monoisotopic (exact) mass is 387 g/mol. The van der Waals surface area contributed by atoms with Gasteiger partial charge in [0.15, 0.2) is 17.4 Å². The number of ether oxygens (including phenoxy) is 1. The SMILES string of the molecule is COc1c(F)cc(C(=O)N2CCC3(CC2)Nc2ccccc2NC3=O)cc1F. The van der Waals surface area contributed by atoms with Crippen molar-refractivity contribution in [1.29, 1.82) is 0 Å². The van der Waals surface area contributed by atoms with E-state index < -0.39 is 28.8 Å². The van der Waals surface area contributed by atoms with Crippen molar-refractivity contribution in [2.75, 3.05) is 30.8 Å². The number of anilines is 2. The van der Waals surface area contributed by atoms with Crippen molar-refractivity contribution in [3.63, 3.8) is 0 Å². The van der Waals surface area contributed by atoms with Gasteiger partial charge in [-0.1, -0.05) is 12.1 Å². The Balaban J connectivity index is 1.50. The number of halogens is 2. The van der Waals surface area contributed by atoms with Crippen molar-refractivity contribution < 1.29 is 23.1 Å². The quantitative estimate of drug-likeness (QED) is 0.831. The van der Waals surface area contributed by atoms with Gasteiger partial charge in [-0.15, -0.1) is 0 Å². The molecular formula is C20H19F2N3O3. The zero-order chi connectivity index (χ0) is 19.9. The van der Waals surface area contributed by atoms with Crippen LogP contribution in [-0.4, -0.2) is 42.5 Å². The van der Waals surface area contributed by atoms with E-state index in [0.717, 1.165) is 30.6 Å². The maximum atomic E-state index is 13.9. The molecule has 2 N–H and O–H groups in total. The average molecular weight is 387 g/mol. The Bertz CT molecular complexity index is 932. The minimum atomic E-state index is -0.927. The van der Waals surface area contributed by atoms with Crippen LogP contribution in [0.3, 0.4) is 0 Å². The molecular weight excluding hydrogens is 368 g/mol. The van der Waals surface area contributed by atoms with E-state index in [4.69, 9.17) is 0 Å². The highest BCUT2D eigenvalue weighted by Gasteiger charge is 2.45. The highest BCUT2D eigenvalue weighted by Crippen LogP contribution is 2.36. The van der Waals surface area contributed by atoms with Crippen molar-refractivity contribution in [2.45, 2.75) is 18.4 Å². The first-order chi connectivity index (χ1) is 13.4. The van der Waals surface area contributed by atoms with Crippen LogP contribution < -0.4 is 15.4 Å². The molecule has 8 heteroatoms. The number of benzene rings is 2. The number of para-hydroxylation sites is 2. The van der Waals surface area contributed by atoms with Crippen molar-refractivity contribution in [2.24, 2.45) is 0 Å². The lowest BCUT2D eigenvalue weighted by Gasteiger charge is -2.44. The molecule has 0 atom stereocenters. The first-order valence-electron chi connectivity index (χ1n) is 8.94. The number of carbonyl (C=O) groups is 2. The molecule has 0 radical (unpaired) electrons. The molecule has 1 spiro atoms. The van der Waals surface area contributed by atoms with E-state index in [9.17, 15) is 18.4 Å². The fraction of sp³-hybridized carbons (Fsp3) is 0.300. The highest BCUT2D eigenvalue weighted by molar-refractivity contribution is 6.06. The van der Waals surface area contributed by atoms with Crippen LogP contribution >= 0.6 is 0 Å². The minimum absolute atomic E-state index is 0.0850. The molecule has 0 saturated carbocycles. The predicted molar refractivity (Wildman–Crippen MR) is 99.5 cm³/mol. The van der Waals surface area contributed by atoms with Crippen LogP contribution in [0.1, 0.15) is 23.2 Å². The van der Waals surface area contributed by atoms with Gasteiger partial charge in [-0.3, -0.25) is 9.59 Å². The second-order valence-electron chi connectivity index (χ2n) is 6.97. The van der Waals surface area contributed by atoms with E-state index in [1.165, 1.54) is 4.90 Å². The van der Waals surface area contributed by atoms with Crippen LogP contribution in [0.15, 0.2) is 36.4 Å². The Morgan fingerprint density at radius 1 is 1.11 bits per heavy atom. The van der Waals surface area contributed by atoms with E-state index in [2.05, 4.69) is 15.4 Å². The summed E-state index contributed by atoms with van der Waals surface area (Å²) in [6.45, 7) is 0.577. The number of hydrogen-bond acceptors (Lipinski definition) is 4. The van der Waals surface area contributed by atoms with E-state index in [-0.39, 0.29) is 24.6 Å². The summed E-state index contributed by atoms with van der Waals surface area (Å²) >= 11 is 0. The summed E-state index contributed by atoms with van der Waals surface area (Å²) in [6, 6.07) is 9.36. The smallest absolute Gasteiger partial charge is 0.254 e. The normalized spacial score (nSPS) is 17.5. The maximum absolute atomic E-state index is 13.9. The van der Waals surface area contributed by atoms with Crippen molar-refractivity contribution in [3.05, 3.63) is 53.6 Å². The van der Waals surface area contributed by atoms with Crippen molar-refractivity contribution in [1.82, 2.24) is 4.90 Å². The molecule has 2 aromatic rings. The summed E-state index contributed by atoms with van der Waals surface area (Å²) in [4.78, 5) is 26.8. The minimum Gasteiger partial charge on any atom is -0.491 e. The average Bonchev–Trinajstić information content (AvgIpc) is 2.69.